The Hall–Kier alpha value is -1.42. The Kier molecular flexibility index (Phi) is 3.19. The number of aliphatic hydroxyl groups excluding tert-OH is 1. The van der Waals surface area contributed by atoms with Crippen molar-refractivity contribution >= 4 is 11.4 Å². The van der Waals surface area contributed by atoms with Crippen molar-refractivity contribution in [3.8, 4) is 5.75 Å². The van der Waals surface area contributed by atoms with Gasteiger partial charge in [-0.05, 0) is 25.0 Å². The summed E-state index contributed by atoms with van der Waals surface area (Å²) in [4.78, 5) is 2.15. The monoisotopic (exact) mass is 222 g/mol. The highest BCUT2D eigenvalue weighted by Gasteiger charge is 2.20. The lowest BCUT2D eigenvalue weighted by atomic mass is 10.1. The van der Waals surface area contributed by atoms with E-state index in [0.29, 0.717) is 12.2 Å². The largest absolute Gasteiger partial charge is 0.495 e. The van der Waals surface area contributed by atoms with E-state index in [4.69, 9.17) is 10.5 Å². The van der Waals surface area contributed by atoms with Gasteiger partial charge in [0.05, 0.1) is 18.9 Å². The number of hydrogen-bond acceptors (Lipinski definition) is 4. The minimum absolute atomic E-state index is 0.240. The van der Waals surface area contributed by atoms with Crippen LogP contribution in [-0.2, 0) is 0 Å². The Morgan fingerprint density at radius 3 is 3.00 bits per heavy atom. The van der Waals surface area contributed by atoms with E-state index in [1.165, 1.54) is 0 Å². The number of aliphatic hydroxyl groups is 1. The molecular weight excluding hydrogens is 204 g/mol. The van der Waals surface area contributed by atoms with Crippen LogP contribution in [0, 0.1) is 0 Å². The Morgan fingerprint density at radius 2 is 2.31 bits per heavy atom. The normalized spacial score (nSPS) is 20.9. The first-order chi connectivity index (χ1) is 7.70. The Balaban J connectivity index is 2.24. The average Bonchev–Trinajstić information content (AvgIpc) is 2.28. The molecule has 16 heavy (non-hydrogen) atoms. The smallest absolute Gasteiger partial charge is 0.144 e. The predicted molar refractivity (Wildman–Crippen MR) is 64.9 cm³/mol. The van der Waals surface area contributed by atoms with Gasteiger partial charge in [0, 0.05) is 24.8 Å². The lowest BCUT2D eigenvalue weighted by Crippen LogP contribution is -2.38. The van der Waals surface area contributed by atoms with Crippen molar-refractivity contribution in [3.05, 3.63) is 18.2 Å². The van der Waals surface area contributed by atoms with Gasteiger partial charge in [-0.3, -0.25) is 0 Å². The molecule has 1 atom stereocenters. The van der Waals surface area contributed by atoms with E-state index in [2.05, 4.69) is 4.90 Å². The number of anilines is 2. The molecule has 0 saturated carbocycles. The number of nitrogen functional groups attached to an aromatic ring is 1. The van der Waals surface area contributed by atoms with Crippen molar-refractivity contribution in [2.45, 2.75) is 18.9 Å². The summed E-state index contributed by atoms with van der Waals surface area (Å²) < 4.78 is 5.31. The van der Waals surface area contributed by atoms with Gasteiger partial charge in [-0.1, -0.05) is 0 Å². The average molecular weight is 222 g/mol. The molecule has 1 aliphatic rings. The fourth-order valence-electron chi connectivity index (χ4n) is 2.13. The summed E-state index contributed by atoms with van der Waals surface area (Å²) in [6.45, 7) is 1.62. The van der Waals surface area contributed by atoms with Gasteiger partial charge in [-0.2, -0.15) is 0 Å². The summed E-state index contributed by atoms with van der Waals surface area (Å²) in [5.74, 6) is 0.772. The molecule has 0 spiro atoms. The third kappa shape index (κ3) is 2.22. The second-order valence-corrected chi connectivity index (χ2v) is 4.17. The molecule has 1 fully saturated rings. The predicted octanol–water partition coefficient (Wildman–Crippen LogP) is 1.24. The fraction of sp³-hybridized carbons (Fsp3) is 0.500. The first kappa shape index (κ1) is 11.1. The highest BCUT2D eigenvalue weighted by Crippen LogP contribution is 2.32. The summed E-state index contributed by atoms with van der Waals surface area (Å²) in [6, 6.07) is 5.63. The van der Waals surface area contributed by atoms with Gasteiger partial charge < -0.3 is 20.5 Å². The summed E-state index contributed by atoms with van der Waals surface area (Å²) in [5.41, 5.74) is 7.41. The number of piperidine rings is 1. The molecule has 1 saturated heterocycles. The topological polar surface area (TPSA) is 58.7 Å². The van der Waals surface area contributed by atoms with Crippen LogP contribution in [-0.4, -0.2) is 31.4 Å². The van der Waals surface area contributed by atoms with Crippen molar-refractivity contribution < 1.29 is 9.84 Å². The molecule has 0 amide bonds. The Labute approximate surface area is 95.6 Å². The molecular formula is C12H18N2O2. The molecule has 88 valence electrons. The second kappa shape index (κ2) is 4.61. The summed E-state index contributed by atoms with van der Waals surface area (Å²) >= 11 is 0. The molecule has 0 aromatic heterocycles. The Morgan fingerprint density at radius 1 is 1.50 bits per heavy atom. The van der Waals surface area contributed by atoms with Gasteiger partial charge in [0.2, 0.25) is 0 Å². The molecule has 1 aliphatic heterocycles. The van der Waals surface area contributed by atoms with Crippen molar-refractivity contribution in [2.24, 2.45) is 0 Å². The van der Waals surface area contributed by atoms with Gasteiger partial charge >= 0.3 is 0 Å². The standard InChI is InChI=1S/C12H18N2O2/c1-16-12-7-9(13)4-5-11(12)14-6-2-3-10(15)8-14/h4-5,7,10,15H,2-3,6,8,13H2,1H3. The zero-order valence-electron chi connectivity index (χ0n) is 9.52. The molecule has 4 heteroatoms. The number of nitrogens with zero attached hydrogens (tertiary/aromatic N) is 1. The Bertz CT molecular complexity index is 368. The molecule has 2 rings (SSSR count). The van der Waals surface area contributed by atoms with Gasteiger partial charge in [0.1, 0.15) is 5.75 Å². The molecule has 0 bridgehead atoms. The van der Waals surface area contributed by atoms with E-state index >= 15 is 0 Å². The van der Waals surface area contributed by atoms with Crippen molar-refractivity contribution in [1.82, 2.24) is 0 Å². The van der Waals surface area contributed by atoms with Gasteiger partial charge in [0.25, 0.3) is 0 Å². The van der Waals surface area contributed by atoms with Crippen LogP contribution in [0.15, 0.2) is 18.2 Å². The lowest BCUT2D eigenvalue weighted by molar-refractivity contribution is 0.154. The SMILES string of the molecule is COc1cc(N)ccc1N1CCCC(O)C1. The van der Waals surface area contributed by atoms with Crippen molar-refractivity contribution in [1.29, 1.82) is 0 Å². The maximum Gasteiger partial charge on any atom is 0.144 e. The van der Waals surface area contributed by atoms with Crippen LogP contribution in [0.3, 0.4) is 0 Å². The van der Waals surface area contributed by atoms with E-state index in [1.54, 1.807) is 7.11 Å². The number of benzene rings is 1. The number of methoxy groups -OCH3 is 1. The quantitative estimate of drug-likeness (QED) is 0.739. The molecule has 3 N–H and O–H groups in total. The van der Waals surface area contributed by atoms with E-state index < -0.39 is 0 Å². The first-order valence-electron chi connectivity index (χ1n) is 5.57. The zero-order valence-corrected chi connectivity index (χ0v) is 9.52. The van der Waals surface area contributed by atoms with Crippen LogP contribution in [0.25, 0.3) is 0 Å². The maximum absolute atomic E-state index is 9.65. The van der Waals surface area contributed by atoms with Gasteiger partial charge in [-0.15, -0.1) is 0 Å². The van der Waals surface area contributed by atoms with Crippen LogP contribution in [0.1, 0.15) is 12.8 Å². The second-order valence-electron chi connectivity index (χ2n) is 4.17. The highest BCUT2D eigenvalue weighted by molar-refractivity contribution is 5.64. The van der Waals surface area contributed by atoms with Crippen LogP contribution >= 0.6 is 0 Å². The van der Waals surface area contributed by atoms with Crippen LogP contribution in [0.2, 0.25) is 0 Å². The third-order valence-corrected chi connectivity index (χ3v) is 2.94. The first-order valence-corrected chi connectivity index (χ1v) is 5.57. The zero-order chi connectivity index (χ0) is 11.5. The minimum atomic E-state index is -0.240. The minimum Gasteiger partial charge on any atom is -0.495 e. The van der Waals surface area contributed by atoms with Crippen molar-refractivity contribution in [2.75, 3.05) is 30.8 Å². The number of β-amino-alcohol motifs (C(OH)–C–C–N with tert-alkyl or cyclic N) is 1. The maximum atomic E-state index is 9.65. The van der Waals surface area contributed by atoms with E-state index in [-0.39, 0.29) is 6.10 Å². The third-order valence-electron chi connectivity index (χ3n) is 2.94. The van der Waals surface area contributed by atoms with E-state index in [0.717, 1.165) is 30.8 Å². The number of nitrogens with two attached hydrogens (primary N) is 1. The fourth-order valence-corrected chi connectivity index (χ4v) is 2.13. The van der Waals surface area contributed by atoms with E-state index in [9.17, 15) is 5.11 Å². The van der Waals surface area contributed by atoms with Crippen molar-refractivity contribution in [3.63, 3.8) is 0 Å². The van der Waals surface area contributed by atoms with E-state index in [1.807, 2.05) is 18.2 Å². The lowest BCUT2D eigenvalue weighted by Gasteiger charge is -2.32. The highest BCUT2D eigenvalue weighted by atomic mass is 16.5. The molecule has 0 aliphatic carbocycles. The van der Waals surface area contributed by atoms with Crippen LogP contribution in [0.4, 0.5) is 11.4 Å². The van der Waals surface area contributed by atoms with Gasteiger partial charge in [0.15, 0.2) is 0 Å². The molecule has 1 unspecified atom stereocenters. The molecule has 1 aromatic rings. The van der Waals surface area contributed by atoms with Gasteiger partial charge in [-0.25, -0.2) is 0 Å². The molecule has 1 aromatic carbocycles. The molecule has 0 radical (unpaired) electrons. The number of rotatable bonds is 2. The summed E-state index contributed by atoms with van der Waals surface area (Å²) in [7, 11) is 1.64. The summed E-state index contributed by atoms with van der Waals surface area (Å²) in [6.07, 6.45) is 1.65. The molecule has 4 nitrogen and oxygen atoms in total. The van der Waals surface area contributed by atoms with Crippen LogP contribution < -0.4 is 15.4 Å². The number of hydrogen-bond donors (Lipinski definition) is 2. The number of ether oxygens (including phenoxy) is 1. The molecule has 1 heterocycles. The summed E-state index contributed by atoms with van der Waals surface area (Å²) in [5, 5.41) is 9.65. The van der Waals surface area contributed by atoms with Crippen LogP contribution in [0.5, 0.6) is 5.75 Å².